The fourth-order valence-corrected chi connectivity index (χ4v) is 6.00. The Morgan fingerprint density at radius 1 is 1.21 bits per heavy atom. The average Bonchev–Trinajstić information content (AvgIpc) is 3.67. The molecule has 1 saturated heterocycles. The SMILES string of the molecule is COC(=O)C(C)N1CCC(Nc2cc(-n3nc(C)c4c3CC(C)(C)N(CC3CC3)C4=O)ccc2C(N)=O)CC1. The number of ether oxygens (including phenoxy) is 1. The third-order valence-corrected chi connectivity index (χ3v) is 8.58. The van der Waals surface area contributed by atoms with E-state index in [1.54, 1.807) is 6.07 Å². The molecule has 10 heteroatoms. The van der Waals surface area contributed by atoms with Crippen LogP contribution in [0.5, 0.6) is 0 Å². The Kier molecular flexibility index (Phi) is 7.17. The van der Waals surface area contributed by atoms with Crippen LogP contribution in [0.25, 0.3) is 5.69 Å². The number of carbonyl (C=O) groups excluding carboxylic acids is 3. The van der Waals surface area contributed by atoms with Gasteiger partial charge in [0.25, 0.3) is 11.8 Å². The highest BCUT2D eigenvalue weighted by atomic mass is 16.5. The molecule has 5 rings (SSSR count). The minimum Gasteiger partial charge on any atom is -0.468 e. The van der Waals surface area contributed by atoms with Crippen LogP contribution >= 0.6 is 0 Å². The number of methoxy groups -OCH3 is 1. The van der Waals surface area contributed by atoms with E-state index >= 15 is 0 Å². The molecule has 39 heavy (non-hydrogen) atoms. The van der Waals surface area contributed by atoms with Gasteiger partial charge in [-0.25, -0.2) is 4.68 Å². The number of esters is 1. The predicted molar refractivity (Wildman–Crippen MR) is 148 cm³/mol. The van der Waals surface area contributed by atoms with Crippen LogP contribution in [0.3, 0.4) is 0 Å². The van der Waals surface area contributed by atoms with Crippen molar-refractivity contribution in [3.05, 3.63) is 40.7 Å². The van der Waals surface area contributed by atoms with Gasteiger partial charge in [-0.1, -0.05) is 0 Å². The highest BCUT2D eigenvalue weighted by Crippen LogP contribution is 2.38. The van der Waals surface area contributed by atoms with E-state index in [4.69, 9.17) is 15.6 Å². The van der Waals surface area contributed by atoms with Gasteiger partial charge in [-0.3, -0.25) is 19.3 Å². The second-order valence-corrected chi connectivity index (χ2v) is 11.9. The van der Waals surface area contributed by atoms with Crippen LogP contribution in [-0.2, 0) is 16.0 Å². The van der Waals surface area contributed by atoms with E-state index in [0.29, 0.717) is 34.8 Å². The fraction of sp³-hybridized carbons (Fsp3) is 0.586. The maximum atomic E-state index is 13.6. The van der Waals surface area contributed by atoms with Crippen molar-refractivity contribution in [2.75, 3.05) is 32.1 Å². The number of anilines is 1. The monoisotopic (exact) mass is 536 g/mol. The summed E-state index contributed by atoms with van der Waals surface area (Å²) in [5.41, 5.74) is 9.57. The molecular weight excluding hydrogens is 496 g/mol. The van der Waals surface area contributed by atoms with Crippen molar-refractivity contribution in [3.63, 3.8) is 0 Å². The Hall–Kier alpha value is -3.40. The molecule has 0 spiro atoms. The Balaban J connectivity index is 1.41. The molecule has 0 bridgehead atoms. The van der Waals surface area contributed by atoms with Gasteiger partial charge in [0, 0.05) is 43.3 Å². The number of nitrogens with one attached hydrogen (secondary N) is 1. The molecule has 2 aromatic rings. The molecule has 1 saturated carbocycles. The van der Waals surface area contributed by atoms with Crippen LogP contribution in [0.4, 0.5) is 5.69 Å². The number of carbonyl (C=O) groups is 3. The molecule has 0 radical (unpaired) electrons. The highest BCUT2D eigenvalue weighted by molar-refractivity contribution is 6.00. The van der Waals surface area contributed by atoms with Gasteiger partial charge in [0.2, 0.25) is 0 Å². The summed E-state index contributed by atoms with van der Waals surface area (Å²) in [6, 6.07) is 5.30. The van der Waals surface area contributed by atoms with Crippen molar-refractivity contribution in [2.24, 2.45) is 11.7 Å². The smallest absolute Gasteiger partial charge is 0.322 e. The molecule has 3 heterocycles. The molecule has 1 unspecified atom stereocenters. The summed E-state index contributed by atoms with van der Waals surface area (Å²) < 4.78 is 6.75. The molecule has 3 aliphatic rings. The number of hydrogen-bond acceptors (Lipinski definition) is 7. The van der Waals surface area contributed by atoms with Crippen molar-refractivity contribution >= 4 is 23.5 Å². The second-order valence-electron chi connectivity index (χ2n) is 11.9. The zero-order valence-electron chi connectivity index (χ0n) is 23.6. The van der Waals surface area contributed by atoms with Gasteiger partial charge in [0.15, 0.2) is 0 Å². The van der Waals surface area contributed by atoms with Crippen molar-refractivity contribution in [2.45, 2.75) is 77.4 Å². The number of hydrogen-bond donors (Lipinski definition) is 2. The number of piperidine rings is 1. The molecule has 2 fully saturated rings. The zero-order chi connectivity index (χ0) is 28.1. The quantitative estimate of drug-likeness (QED) is 0.498. The average molecular weight is 537 g/mol. The second kappa shape index (κ2) is 10.3. The molecular formula is C29H40N6O4. The van der Waals surface area contributed by atoms with Crippen LogP contribution in [0.1, 0.15) is 78.6 Å². The summed E-state index contributed by atoms with van der Waals surface area (Å²) in [6.07, 6.45) is 4.69. The third kappa shape index (κ3) is 5.26. The summed E-state index contributed by atoms with van der Waals surface area (Å²) in [5.74, 6) is -0.0839. The van der Waals surface area contributed by atoms with E-state index in [9.17, 15) is 14.4 Å². The maximum Gasteiger partial charge on any atom is 0.322 e. The number of aryl methyl sites for hydroxylation is 1. The summed E-state index contributed by atoms with van der Waals surface area (Å²) in [7, 11) is 1.41. The van der Waals surface area contributed by atoms with Gasteiger partial charge in [0.05, 0.1) is 35.3 Å². The van der Waals surface area contributed by atoms with Gasteiger partial charge in [0.1, 0.15) is 6.04 Å². The van der Waals surface area contributed by atoms with E-state index in [1.165, 1.54) is 20.0 Å². The highest BCUT2D eigenvalue weighted by Gasteiger charge is 2.43. The lowest BCUT2D eigenvalue weighted by molar-refractivity contribution is -0.146. The standard InChI is InChI=1S/C29H40N6O4/c1-17-25-24(15-29(3,4)34(27(25)37)16-19-6-7-19)35(32-17)21-8-9-22(26(30)36)23(14-21)31-20-10-12-33(13-11-20)18(2)28(38)39-5/h8-9,14,18-20,31H,6-7,10-13,15-16H2,1-5H3,(H2,30,36). The minimum atomic E-state index is -0.508. The molecule has 1 aromatic heterocycles. The Morgan fingerprint density at radius 2 is 1.90 bits per heavy atom. The molecule has 210 valence electrons. The van der Waals surface area contributed by atoms with E-state index in [0.717, 1.165) is 43.9 Å². The van der Waals surface area contributed by atoms with Gasteiger partial charge in [-0.15, -0.1) is 0 Å². The number of nitrogens with two attached hydrogens (primary N) is 1. The molecule has 2 amide bonds. The molecule has 1 atom stereocenters. The normalized spacial score (nSPS) is 20.4. The molecule has 1 aliphatic carbocycles. The summed E-state index contributed by atoms with van der Waals surface area (Å²) in [6.45, 7) is 10.3. The van der Waals surface area contributed by atoms with Crippen LogP contribution in [-0.4, -0.2) is 81.7 Å². The van der Waals surface area contributed by atoms with Crippen LogP contribution in [0.15, 0.2) is 18.2 Å². The number of rotatable bonds is 8. The summed E-state index contributed by atoms with van der Waals surface area (Å²) >= 11 is 0. The number of likely N-dealkylation sites (tertiary alicyclic amines) is 1. The van der Waals surface area contributed by atoms with Gasteiger partial charge >= 0.3 is 5.97 Å². The van der Waals surface area contributed by atoms with Gasteiger partial charge < -0.3 is 20.7 Å². The lowest BCUT2D eigenvalue weighted by Gasteiger charge is -2.42. The minimum absolute atomic E-state index is 0.0527. The van der Waals surface area contributed by atoms with Crippen molar-refractivity contribution in [1.82, 2.24) is 19.6 Å². The van der Waals surface area contributed by atoms with Crippen molar-refractivity contribution < 1.29 is 19.1 Å². The number of benzene rings is 1. The van der Waals surface area contributed by atoms with Crippen molar-refractivity contribution in [1.29, 1.82) is 0 Å². The van der Waals surface area contributed by atoms with Crippen LogP contribution < -0.4 is 11.1 Å². The number of nitrogens with zero attached hydrogens (tertiary/aromatic N) is 4. The number of primary amides is 1. The number of fused-ring (bicyclic) bond motifs is 1. The van der Waals surface area contributed by atoms with E-state index in [1.807, 2.05) is 35.6 Å². The first kappa shape index (κ1) is 27.2. The molecule has 10 nitrogen and oxygen atoms in total. The number of aromatic nitrogens is 2. The zero-order valence-corrected chi connectivity index (χ0v) is 23.6. The lowest BCUT2D eigenvalue weighted by atomic mass is 9.87. The molecule has 3 N–H and O–H groups in total. The molecule has 2 aliphatic heterocycles. The molecule has 1 aromatic carbocycles. The Morgan fingerprint density at radius 3 is 2.51 bits per heavy atom. The van der Waals surface area contributed by atoms with E-state index in [-0.39, 0.29) is 29.5 Å². The lowest BCUT2D eigenvalue weighted by Crippen LogP contribution is -2.53. The summed E-state index contributed by atoms with van der Waals surface area (Å²) in [4.78, 5) is 42.0. The first-order valence-electron chi connectivity index (χ1n) is 13.9. The third-order valence-electron chi connectivity index (χ3n) is 8.58. The first-order chi connectivity index (χ1) is 18.5. The first-order valence-corrected chi connectivity index (χ1v) is 13.9. The maximum absolute atomic E-state index is 13.6. The topological polar surface area (TPSA) is 123 Å². The van der Waals surface area contributed by atoms with Crippen molar-refractivity contribution in [3.8, 4) is 5.69 Å². The largest absolute Gasteiger partial charge is 0.468 e. The van der Waals surface area contributed by atoms with E-state index < -0.39 is 5.91 Å². The van der Waals surface area contributed by atoms with Gasteiger partial charge in [-0.2, -0.15) is 5.10 Å². The van der Waals surface area contributed by atoms with Crippen LogP contribution in [0.2, 0.25) is 0 Å². The van der Waals surface area contributed by atoms with Crippen LogP contribution in [0, 0.1) is 12.8 Å². The Labute approximate surface area is 229 Å². The summed E-state index contributed by atoms with van der Waals surface area (Å²) in [5, 5.41) is 8.33. The number of amides is 2. The Bertz CT molecular complexity index is 1290. The van der Waals surface area contributed by atoms with E-state index in [2.05, 4.69) is 24.1 Å². The fourth-order valence-electron chi connectivity index (χ4n) is 6.00. The predicted octanol–water partition coefficient (Wildman–Crippen LogP) is 2.90. The van der Waals surface area contributed by atoms with Gasteiger partial charge in [-0.05, 0) is 77.5 Å².